The summed E-state index contributed by atoms with van der Waals surface area (Å²) in [4.78, 5) is 11.4. The van der Waals surface area contributed by atoms with Crippen LogP contribution in [0.4, 0.5) is 13.2 Å². The van der Waals surface area contributed by atoms with E-state index in [1.54, 1.807) is 0 Å². The van der Waals surface area contributed by atoms with Crippen molar-refractivity contribution in [3.05, 3.63) is 0 Å². The van der Waals surface area contributed by atoms with Crippen LogP contribution in [0.3, 0.4) is 0 Å². The largest absolute Gasteiger partial charge is 0.464 e. The van der Waals surface area contributed by atoms with E-state index in [9.17, 15) is 23.1 Å². The van der Waals surface area contributed by atoms with Crippen molar-refractivity contribution in [2.45, 2.75) is 58.2 Å². The third kappa shape index (κ3) is 5.28. The number of carbonyl (C=O) groups is 1. The quantitative estimate of drug-likeness (QED) is 0.675. The Labute approximate surface area is 117 Å². The molecule has 4 nitrogen and oxygen atoms in total. The number of halogens is 3. The number of carbonyl (C=O) groups excluding carboxylic acids is 1. The van der Waals surface area contributed by atoms with Crippen molar-refractivity contribution in [3.8, 4) is 0 Å². The van der Waals surface area contributed by atoms with Gasteiger partial charge in [-0.2, -0.15) is 13.2 Å². The number of ether oxygens (including phenoxy) is 1. The first-order valence-corrected chi connectivity index (χ1v) is 6.66. The molecule has 3 N–H and O–H groups in total. The van der Waals surface area contributed by atoms with Crippen LogP contribution in [0.2, 0.25) is 0 Å². The average Bonchev–Trinajstić information content (AvgIpc) is 2.27. The first kappa shape index (κ1) is 19.2. The van der Waals surface area contributed by atoms with Gasteiger partial charge in [0.25, 0.3) is 5.60 Å². The van der Waals surface area contributed by atoms with E-state index in [-0.39, 0.29) is 18.4 Å². The molecule has 1 unspecified atom stereocenters. The van der Waals surface area contributed by atoms with Gasteiger partial charge in [0.1, 0.15) is 0 Å². The molecule has 0 aromatic carbocycles. The van der Waals surface area contributed by atoms with E-state index < -0.39 is 24.2 Å². The summed E-state index contributed by atoms with van der Waals surface area (Å²) in [5.41, 5.74) is 1.77. The van der Waals surface area contributed by atoms with Crippen molar-refractivity contribution >= 4 is 5.97 Å². The molecule has 0 aliphatic carbocycles. The van der Waals surface area contributed by atoms with Gasteiger partial charge < -0.3 is 15.6 Å². The standard InChI is InChI=1S/C13H24F3NO3/c1-4-20-10(18)12(19,13(14,15)16)7-5-6-11(2,3)8-9-17/h19H,4-9,17H2,1-3H3. The highest BCUT2D eigenvalue weighted by molar-refractivity contribution is 5.80. The molecule has 0 fully saturated rings. The molecule has 0 aromatic rings. The SMILES string of the molecule is CCOC(=O)C(O)(CCCC(C)(C)CCN)C(F)(F)F. The van der Waals surface area contributed by atoms with Crippen LogP contribution in [0.1, 0.15) is 46.5 Å². The maximum Gasteiger partial charge on any atom is 0.428 e. The topological polar surface area (TPSA) is 72.5 Å². The molecular formula is C13H24F3NO3. The summed E-state index contributed by atoms with van der Waals surface area (Å²) in [6.45, 7) is 5.39. The molecule has 0 aromatic heterocycles. The molecule has 0 spiro atoms. The van der Waals surface area contributed by atoms with Gasteiger partial charge in [0.15, 0.2) is 0 Å². The van der Waals surface area contributed by atoms with Crippen molar-refractivity contribution in [3.63, 3.8) is 0 Å². The fourth-order valence-electron chi connectivity index (χ4n) is 1.95. The van der Waals surface area contributed by atoms with Crippen LogP contribution >= 0.6 is 0 Å². The number of rotatable bonds is 8. The minimum Gasteiger partial charge on any atom is -0.464 e. The lowest BCUT2D eigenvalue weighted by molar-refractivity contribution is -0.265. The third-order valence-corrected chi connectivity index (χ3v) is 3.30. The fraction of sp³-hybridized carbons (Fsp3) is 0.923. The zero-order valence-electron chi connectivity index (χ0n) is 12.2. The molecule has 7 heteroatoms. The Bertz CT molecular complexity index is 318. The van der Waals surface area contributed by atoms with E-state index in [0.717, 1.165) is 0 Å². The van der Waals surface area contributed by atoms with E-state index in [2.05, 4.69) is 4.74 Å². The Morgan fingerprint density at radius 2 is 1.75 bits per heavy atom. The van der Waals surface area contributed by atoms with Crippen LogP contribution in [0, 0.1) is 5.41 Å². The molecule has 0 rings (SSSR count). The summed E-state index contributed by atoms with van der Waals surface area (Å²) in [5, 5.41) is 9.65. The Hall–Kier alpha value is -0.820. The highest BCUT2D eigenvalue weighted by atomic mass is 19.4. The van der Waals surface area contributed by atoms with Crippen LogP contribution in [-0.2, 0) is 9.53 Å². The molecule has 0 radical (unpaired) electrons. The van der Waals surface area contributed by atoms with Gasteiger partial charge in [-0.15, -0.1) is 0 Å². The summed E-state index contributed by atoms with van der Waals surface area (Å²) < 4.78 is 43.0. The second-order valence-electron chi connectivity index (χ2n) is 5.63. The molecule has 0 bridgehead atoms. The Morgan fingerprint density at radius 3 is 2.15 bits per heavy atom. The number of esters is 1. The van der Waals surface area contributed by atoms with Gasteiger partial charge in [0.05, 0.1) is 6.61 Å². The minimum absolute atomic E-state index is 0.0574. The highest BCUT2D eigenvalue weighted by Gasteiger charge is 2.60. The van der Waals surface area contributed by atoms with Crippen LogP contribution in [0.15, 0.2) is 0 Å². The summed E-state index contributed by atoms with van der Waals surface area (Å²) in [6.07, 6.45) is -4.60. The summed E-state index contributed by atoms with van der Waals surface area (Å²) in [5.74, 6) is -1.64. The third-order valence-electron chi connectivity index (χ3n) is 3.30. The second kappa shape index (κ2) is 7.26. The lowest BCUT2D eigenvalue weighted by Crippen LogP contribution is -2.53. The van der Waals surface area contributed by atoms with Crippen molar-refractivity contribution < 1.29 is 27.8 Å². The van der Waals surface area contributed by atoms with E-state index in [1.807, 2.05) is 13.8 Å². The van der Waals surface area contributed by atoms with E-state index >= 15 is 0 Å². The minimum atomic E-state index is -5.04. The van der Waals surface area contributed by atoms with Crippen LogP contribution in [0.5, 0.6) is 0 Å². The molecule has 0 amide bonds. The summed E-state index contributed by atoms with van der Waals surface area (Å²) >= 11 is 0. The molecule has 120 valence electrons. The Balaban J connectivity index is 4.74. The lowest BCUT2D eigenvalue weighted by Gasteiger charge is -2.30. The fourth-order valence-corrected chi connectivity index (χ4v) is 1.95. The second-order valence-corrected chi connectivity index (χ2v) is 5.63. The molecule has 0 aliphatic rings. The van der Waals surface area contributed by atoms with Gasteiger partial charge in [-0.3, -0.25) is 0 Å². The number of hydrogen-bond acceptors (Lipinski definition) is 4. The smallest absolute Gasteiger partial charge is 0.428 e. The summed E-state index contributed by atoms with van der Waals surface area (Å²) in [7, 11) is 0. The van der Waals surface area contributed by atoms with Gasteiger partial charge in [-0.05, 0) is 44.6 Å². The van der Waals surface area contributed by atoms with Gasteiger partial charge in [-0.25, -0.2) is 4.79 Å². The molecule has 0 heterocycles. The Kier molecular flexibility index (Phi) is 6.97. The molecule has 0 saturated heterocycles. The van der Waals surface area contributed by atoms with E-state index in [4.69, 9.17) is 5.73 Å². The normalized spacial score (nSPS) is 15.8. The Morgan fingerprint density at radius 1 is 1.20 bits per heavy atom. The number of aliphatic hydroxyl groups is 1. The zero-order valence-corrected chi connectivity index (χ0v) is 12.2. The molecule has 0 aliphatic heterocycles. The van der Waals surface area contributed by atoms with Gasteiger partial charge in [0, 0.05) is 0 Å². The predicted octanol–water partition coefficient (Wildman–Crippen LogP) is 2.39. The number of nitrogens with two attached hydrogens (primary N) is 1. The van der Waals surface area contributed by atoms with Crippen LogP contribution < -0.4 is 5.73 Å². The average molecular weight is 299 g/mol. The monoisotopic (exact) mass is 299 g/mol. The van der Waals surface area contributed by atoms with Crippen molar-refractivity contribution in [1.29, 1.82) is 0 Å². The van der Waals surface area contributed by atoms with Crippen LogP contribution in [0.25, 0.3) is 0 Å². The first-order valence-electron chi connectivity index (χ1n) is 6.66. The highest BCUT2D eigenvalue weighted by Crippen LogP contribution is 2.37. The van der Waals surface area contributed by atoms with E-state index in [1.165, 1.54) is 6.92 Å². The van der Waals surface area contributed by atoms with Gasteiger partial charge in [0.2, 0.25) is 0 Å². The van der Waals surface area contributed by atoms with Crippen LogP contribution in [-0.4, -0.2) is 36.0 Å². The molecular weight excluding hydrogens is 275 g/mol. The first-order chi connectivity index (χ1) is 9.00. The van der Waals surface area contributed by atoms with Gasteiger partial charge >= 0.3 is 12.1 Å². The maximum atomic E-state index is 12.9. The maximum absolute atomic E-state index is 12.9. The predicted molar refractivity (Wildman–Crippen MR) is 68.9 cm³/mol. The zero-order chi connectivity index (χ0) is 16.0. The molecule has 20 heavy (non-hydrogen) atoms. The molecule has 0 saturated carbocycles. The van der Waals surface area contributed by atoms with E-state index in [0.29, 0.717) is 19.4 Å². The van der Waals surface area contributed by atoms with Crippen molar-refractivity contribution in [2.24, 2.45) is 11.1 Å². The number of hydrogen-bond donors (Lipinski definition) is 2. The lowest BCUT2D eigenvalue weighted by atomic mass is 9.82. The van der Waals surface area contributed by atoms with Crippen molar-refractivity contribution in [1.82, 2.24) is 0 Å². The van der Waals surface area contributed by atoms with Crippen molar-refractivity contribution in [2.75, 3.05) is 13.2 Å². The number of alkyl halides is 3. The molecule has 1 atom stereocenters. The van der Waals surface area contributed by atoms with Gasteiger partial charge in [-0.1, -0.05) is 13.8 Å². The summed E-state index contributed by atoms with van der Waals surface area (Å²) in [6, 6.07) is 0.